The van der Waals surface area contributed by atoms with Crippen LogP contribution in [0.25, 0.3) is 16.8 Å². The fraction of sp³-hybridized carbons (Fsp3) is 0.105. The van der Waals surface area contributed by atoms with Gasteiger partial charge in [-0.1, -0.05) is 71.4 Å². The lowest BCUT2D eigenvalue weighted by molar-refractivity contribution is 0.780. The van der Waals surface area contributed by atoms with Crippen molar-refractivity contribution in [3.8, 4) is 11.1 Å². The Bertz CT molecular complexity index is 1190. The van der Waals surface area contributed by atoms with Crippen molar-refractivity contribution in [3.63, 3.8) is 0 Å². The summed E-state index contributed by atoms with van der Waals surface area (Å²) in [5, 5.41) is 6.02. The van der Waals surface area contributed by atoms with E-state index in [1.807, 2.05) is 43.3 Å². The Kier molecular flexibility index (Phi) is 4.95. The van der Waals surface area contributed by atoms with E-state index in [9.17, 15) is 4.79 Å². The molecule has 4 aromatic rings. The van der Waals surface area contributed by atoms with Crippen LogP contribution in [0.1, 0.15) is 11.3 Å². The summed E-state index contributed by atoms with van der Waals surface area (Å²) < 4.78 is 1.30. The van der Waals surface area contributed by atoms with Crippen molar-refractivity contribution in [2.45, 2.75) is 17.8 Å². The van der Waals surface area contributed by atoms with Crippen LogP contribution >= 0.6 is 35.0 Å². The molecule has 2 aromatic carbocycles. The molecule has 0 amide bonds. The lowest BCUT2D eigenvalue weighted by Crippen LogP contribution is -2.19. The molecule has 0 saturated heterocycles. The summed E-state index contributed by atoms with van der Waals surface area (Å²) in [7, 11) is 0. The van der Waals surface area contributed by atoms with E-state index >= 15 is 0 Å². The van der Waals surface area contributed by atoms with E-state index in [0.29, 0.717) is 26.6 Å². The summed E-state index contributed by atoms with van der Waals surface area (Å²) in [6, 6.07) is 15.2. The molecular formula is C19H14Cl2N4OS. The first-order chi connectivity index (χ1) is 13.0. The molecule has 0 unspecified atom stereocenters. The molecule has 2 aromatic heterocycles. The average molecular weight is 417 g/mol. The van der Waals surface area contributed by atoms with Crippen LogP contribution in [0.4, 0.5) is 0 Å². The minimum absolute atomic E-state index is 0.324. The number of aryl methyl sites for hydroxylation is 1. The van der Waals surface area contributed by atoms with Gasteiger partial charge < -0.3 is 0 Å². The Morgan fingerprint density at radius 2 is 1.93 bits per heavy atom. The number of hydrogen-bond donors (Lipinski definition) is 1. The van der Waals surface area contributed by atoms with E-state index < -0.39 is 0 Å². The van der Waals surface area contributed by atoms with Crippen LogP contribution in [0.2, 0.25) is 10.0 Å². The van der Waals surface area contributed by atoms with E-state index in [1.54, 1.807) is 12.1 Å². The van der Waals surface area contributed by atoms with Gasteiger partial charge in [0.25, 0.3) is 0 Å². The second-order valence-electron chi connectivity index (χ2n) is 5.93. The van der Waals surface area contributed by atoms with Crippen LogP contribution in [-0.4, -0.2) is 19.6 Å². The Balaban J connectivity index is 1.73. The fourth-order valence-corrected chi connectivity index (χ4v) is 4.23. The fourth-order valence-electron chi connectivity index (χ4n) is 2.82. The van der Waals surface area contributed by atoms with E-state index in [-0.39, 0.29) is 5.69 Å². The number of aromatic nitrogens is 4. The zero-order valence-electron chi connectivity index (χ0n) is 14.2. The van der Waals surface area contributed by atoms with Crippen LogP contribution in [0.15, 0.2) is 58.5 Å². The molecule has 0 fully saturated rings. The van der Waals surface area contributed by atoms with Crippen LogP contribution in [0.5, 0.6) is 0 Å². The topological polar surface area (TPSA) is 63.1 Å². The molecule has 4 rings (SSSR count). The van der Waals surface area contributed by atoms with Crippen LogP contribution in [0, 0.1) is 6.92 Å². The van der Waals surface area contributed by atoms with Gasteiger partial charge in [-0.15, -0.1) is 0 Å². The quantitative estimate of drug-likeness (QED) is 0.475. The summed E-state index contributed by atoms with van der Waals surface area (Å²) in [5.74, 6) is 0.558. The summed E-state index contributed by atoms with van der Waals surface area (Å²) in [6.07, 6.45) is 0. The van der Waals surface area contributed by atoms with Crippen molar-refractivity contribution < 1.29 is 0 Å². The first kappa shape index (κ1) is 18.1. The van der Waals surface area contributed by atoms with Crippen LogP contribution in [-0.2, 0) is 5.75 Å². The summed E-state index contributed by atoms with van der Waals surface area (Å²) >= 11 is 13.6. The number of nitrogens with zero attached hydrogens (tertiary/aromatic N) is 3. The molecule has 5 nitrogen and oxygen atoms in total. The van der Waals surface area contributed by atoms with Gasteiger partial charge >= 0.3 is 5.69 Å². The highest BCUT2D eigenvalue weighted by Crippen LogP contribution is 2.29. The molecule has 0 saturated carbocycles. The molecule has 0 bridgehead atoms. The molecule has 2 heterocycles. The van der Waals surface area contributed by atoms with Gasteiger partial charge in [0.05, 0.1) is 5.69 Å². The Hall–Kier alpha value is -2.28. The SMILES string of the molecule is Cc1nn2c(=O)[nH]c(SCc3ccc(Cl)cc3Cl)nc2c1-c1ccccc1. The highest BCUT2D eigenvalue weighted by molar-refractivity contribution is 7.98. The molecule has 0 atom stereocenters. The molecule has 1 N–H and O–H groups in total. The third-order valence-corrected chi connectivity index (χ3v) is 5.60. The van der Waals surface area contributed by atoms with Crippen LogP contribution in [0.3, 0.4) is 0 Å². The zero-order valence-corrected chi connectivity index (χ0v) is 16.6. The van der Waals surface area contributed by atoms with Gasteiger partial charge in [0.1, 0.15) is 0 Å². The third-order valence-electron chi connectivity index (χ3n) is 4.09. The molecule has 0 spiro atoms. The number of hydrogen-bond acceptors (Lipinski definition) is 4. The minimum Gasteiger partial charge on any atom is -0.285 e. The van der Waals surface area contributed by atoms with Gasteiger partial charge in [0.15, 0.2) is 10.8 Å². The predicted octanol–water partition coefficient (Wildman–Crippen LogP) is 4.99. The van der Waals surface area contributed by atoms with Crippen LogP contribution < -0.4 is 5.69 Å². The number of nitrogens with one attached hydrogen (secondary N) is 1. The molecule has 0 aliphatic carbocycles. The maximum atomic E-state index is 12.5. The van der Waals surface area contributed by atoms with Gasteiger partial charge in [-0.05, 0) is 30.2 Å². The van der Waals surface area contributed by atoms with E-state index in [4.69, 9.17) is 23.2 Å². The maximum absolute atomic E-state index is 12.5. The van der Waals surface area contributed by atoms with Gasteiger partial charge in [0.2, 0.25) is 0 Å². The van der Waals surface area contributed by atoms with E-state index in [2.05, 4.69) is 15.1 Å². The number of thioether (sulfide) groups is 1. The third kappa shape index (κ3) is 3.60. The standard InChI is InChI=1S/C19H14Cl2N4OS/c1-11-16(12-5-3-2-4-6-12)17-22-18(23-19(26)25(17)24-11)27-10-13-7-8-14(20)9-15(13)21/h2-9H,10H2,1H3,(H,22,23,26). The Labute approximate surface area is 169 Å². The first-order valence-corrected chi connectivity index (χ1v) is 9.89. The summed E-state index contributed by atoms with van der Waals surface area (Å²) in [4.78, 5) is 19.9. The highest BCUT2D eigenvalue weighted by Gasteiger charge is 2.16. The highest BCUT2D eigenvalue weighted by atomic mass is 35.5. The van der Waals surface area contributed by atoms with Crippen molar-refractivity contribution in [2.24, 2.45) is 0 Å². The second kappa shape index (κ2) is 7.38. The summed E-state index contributed by atoms with van der Waals surface area (Å²) in [5.41, 5.74) is 3.71. The molecule has 136 valence electrons. The molecule has 8 heteroatoms. The molecule has 0 aliphatic rings. The summed E-state index contributed by atoms with van der Waals surface area (Å²) in [6.45, 7) is 1.87. The molecule has 0 aliphatic heterocycles. The Morgan fingerprint density at radius 1 is 1.15 bits per heavy atom. The number of rotatable bonds is 4. The molecule has 0 radical (unpaired) electrons. The lowest BCUT2D eigenvalue weighted by atomic mass is 10.1. The zero-order chi connectivity index (χ0) is 19.0. The van der Waals surface area contributed by atoms with Crippen molar-refractivity contribution >= 4 is 40.6 Å². The van der Waals surface area contributed by atoms with E-state index in [1.165, 1.54) is 16.3 Å². The largest absolute Gasteiger partial charge is 0.350 e. The first-order valence-electron chi connectivity index (χ1n) is 8.15. The normalized spacial score (nSPS) is 11.2. The number of H-pyrrole nitrogens is 1. The maximum Gasteiger partial charge on any atom is 0.350 e. The van der Waals surface area contributed by atoms with E-state index in [0.717, 1.165) is 22.4 Å². The van der Waals surface area contributed by atoms with Crippen molar-refractivity contribution in [2.75, 3.05) is 0 Å². The number of fused-ring (bicyclic) bond motifs is 1. The van der Waals surface area contributed by atoms with Crippen molar-refractivity contribution in [1.29, 1.82) is 0 Å². The number of halogens is 2. The van der Waals surface area contributed by atoms with Crippen molar-refractivity contribution in [3.05, 3.63) is 80.3 Å². The average Bonchev–Trinajstić information content (AvgIpc) is 2.98. The molecule has 27 heavy (non-hydrogen) atoms. The smallest absolute Gasteiger partial charge is 0.285 e. The second-order valence-corrected chi connectivity index (χ2v) is 7.74. The molecular weight excluding hydrogens is 403 g/mol. The van der Waals surface area contributed by atoms with Gasteiger partial charge in [-0.2, -0.15) is 9.61 Å². The lowest BCUT2D eigenvalue weighted by Gasteiger charge is -2.05. The number of benzene rings is 2. The van der Waals surface area contributed by atoms with Gasteiger partial charge in [-0.3, -0.25) is 4.98 Å². The van der Waals surface area contributed by atoms with Gasteiger partial charge in [0, 0.05) is 21.4 Å². The van der Waals surface area contributed by atoms with Gasteiger partial charge in [-0.25, -0.2) is 9.78 Å². The van der Waals surface area contributed by atoms with Crippen molar-refractivity contribution in [1.82, 2.24) is 19.6 Å². The predicted molar refractivity (Wildman–Crippen MR) is 110 cm³/mol. The Morgan fingerprint density at radius 3 is 2.67 bits per heavy atom. The minimum atomic E-state index is -0.324. The number of aromatic amines is 1. The monoisotopic (exact) mass is 416 g/mol.